The molecule has 3 N–H and O–H groups in total. The number of hydrogen-bond donors (Lipinski definition) is 3. The molecule has 0 heterocycles. The SMILES string of the molecule is CC(C)O.OCC(F)(F)F.OCC(F)(F)F.[O]=[V]. The van der Waals surface area contributed by atoms with Gasteiger partial charge in [0.25, 0.3) is 0 Å². The van der Waals surface area contributed by atoms with Crippen molar-refractivity contribution in [3.05, 3.63) is 0 Å². The normalized spacial score (nSPS) is 10.2. The van der Waals surface area contributed by atoms with Crippen molar-refractivity contribution in [3.63, 3.8) is 0 Å². The van der Waals surface area contributed by atoms with Crippen molar-refractivity contribution in [3.8, 4) is 0 Å². The molecule has 11 heteroatoms. The molecule has 0 unspecified atom stereocenters. The van der Waals surface area contributed by atoms with E-state index in [1.54, 1.807) is 13.8 Å². The van der Waals surface area contributed by atoms with Crippen LogP contribution < -0.4 is 0 Å². The first kappa shape index (κ1) is 26.4. The number of alkyl halides is 6. The van der Waals surface area contributed by atoms with Crippen LogP contribution >= 0.6 is 0 Å². The minimum atomic E-state index is -4.40. The molecule has 0 rings (SSSR count). The predicted molar refractivity (Wildman–Crippen MR) is 44.3 cm³/mol. The summed E-state index contributed by atoms with van der Waals surface area (Å²) in [5.74, 6) is 0. The van der Waals surface area contributed by atoms with Gasteiger partial charge in [-0.15, -0.1) is 0 Å². The molecule has 0 radical (unpaired) electrons. The van der Waals surface area contributed by atoms with E-state index in [2.05, 4.69) is 0 Å². The Bertz CT molecular complexity index is 144. The van der Waals surface area contributed by atoms with Gasteiger partial charge in [-0.3, -0.25) is 0 Å². The van der Waals surface area contributed by atoms with E-state index in [-0.39, 0.29) is 6.10 Å². The van der Waals surface area contributed by atoms with Crippen LogP contribution in [0.5, 0.6) is 0 Å². The molecule has 0 aliphatic rings. The van der Waals surface area contributed by atoms with Crippen molar-refractivity contribution >= 4 is 0 Å². The van der Waals surface area contributed by atoms with Crippen LogP contribution in [0.1, 0.15) is 13.8 Å². The Morgan fingerprint density at radius 3 is 0.944 bits per heavy atom. The molecule has 0 aromatic rings. The molecule has 0 aromatic heterocycles. The Morgan fingerprint density at radius 2 is 0.944 bits per heavy atom. The Morgan fingerprint density at radius 1 is 0.889 bits per heavy atom. The molecule has 113 valence electrons. The first-order chi connectivity index (χ1) is 7.85. The predicted octanol–water partition coefficient (Wildman–Crippen LogP) is 1.35. The number of rotatable bonds is 0. The van der Waals surface area contributed by atoms with Crippen LogP contribution in [0.15, 0.2) is 0 Å². The molecule has 0 amide bonds. The van der Waals surface area contributed by atoms with E-state index in [9.17, 15) is 26.3 Å². The molecule has 0 spiro atoms. The first-order valence-corrected chi connectivity index (χ1v) is 4.64. The second kappa shape index (κ2) is 14.9. The average Bonchev–Trinajstić information content (AvgIpc) is 2.19. The van der Waals surface area contributed by atoms with Gasteiger partial charge in [0.05, 0.1) is 0 Å². The number of aliphatic hydroxyl groups excluding tert-OH is 3. The maximum atomic E-state index is 10.5. The van der Waals surface area contributed by atoms with Crippen LogP contribution in [-0.2, 0) is 21.0 Å². The van der Waals surface area contributed by atoms with E-state index in [1.807, 2.05) is 0 Å². The fourth-order valence-electron chi connectivity index (χ4n) is 0. The molecule has 0 saturated carbocycles. The molecule has 0 atom stereocenters. The molecule has 0 aliphatic carbocycles. The van der Waals surface area contributed by atoms with Crippen molar-refractivity contribution in [2.75, 3.05) is 13.2 Å². The summed E-state index contributed by atoms with van der Waals surface area (Å²) in [7, 11) is 0. The summed E-state index contributed by atoms with van der Waals surface area (Å²) in [4.78, 5) is 0. The van der Waals surface area contributed by atoms with Gasteiger partial charge in [-0.2, -0.15) is 26.3 Å². The van der Waals surface area contributed by atoms with Gasteiger partial charge in [0.15, 0.2) is 0 Å². The molecule has 0 aromatic carbocycles. The third kappa shape index (κ3) is 102. The van der Waals surface area contributed by atoms with Gasteiger partial charge in [-0.25, -0.2) is 0 Å². The maximum absolute atomic E-state index is 10.5. The van der Waals surface area contributed by atoms with E-state index in [0.717, 1.165) is 17.4 Å². The van der Waals surface area contributed by atoms with Crippen LogP contribution in [0.4, 0.5) is 26.3 Å². The molecule has 4 nitrogen and oxygen atoms in total. The summed E-state index contributed by atoms with van der Waals surface area (Å²) >= 11 is 1.06. The molecule has 0 saturated heterocycles. The van der Waals surface area contributed by atoms with Gasteiger partial charge in [-0.1, -0.05) is 0 Å². The van der Waals surface area contributed by atoms with Crippen molar-refractivity contribution in [1.29, 1.82) is 0 Å². The van der Waals surface area contributed by atoms with E-state index < -0.39 is 25.6 Å². The van der Waals surface area contributed by atoms with Gasteiger partial charge < -0.3 is 15.3 Å². The first-order valence-electron chi connectivity index (χ1n) is 4.07. The summed E-state index contributed by atoms with van der Waals surface area (Å²) in [6.45, 7) is -0.0139. The van der Waals surface area contributed by atoms with Crippen LogP contribution in [-0.4, -0.2) is 47.0 Å². The van der Waals surface area contributed by atoms with E-state index in [1.165, 1.54) is 0 Å². The Hall–Kier alpha value is -0.156. The number of hydrogen-bond acceptors (Lipinski definition) is 4. The average molecular weight is 327 g/mol. The fourth-order valence-corrected chi connectivity index (χ4v) is 0. The molecule has 0 bridgehead atoms. The molecule has 0 aliphatic heterocycles. The zero-order valence-electron chi connectivity index (χ0n) is 9.46. The van der Waals surface area contributed by atoms with Gasteiger partial charge >= 0.3 is 33.4 Å². The zero-order chi connectivity index (χ0) is 16.0. The summed E-state index contributed by atoms with van der Waals surface area (Å²) in [5, 5.41) is 22.6. The van der Waals surface area contributed by atoms with Crippen LogP contribution in [0.25, 0.3) is 0 Å². The van der Waals surface area contributed by atoms with Gasteiger partial charge in [0.1, 0.15) is 13.2 Å². The second-order valence-corrected chi connectivity index (χ2v) is 2.64. The Kier molecular flexibility index (Phi) is 21.9. The Balaban J connectivity index is -0.0000000777. The van der Waals surface area contributed by atoms with Gasteiger partial charge in [0, 0.05) is 6.10 Å². The topological polar surface area (TPSA) is 77.8 Å². The van der Waals surface area contributed by atoms with Crippen molar-refractivity contribution in [2.24, 2.45) is 0 Å². The van der Waals surface area contributed by atoms with Crippen molar-refractivity contribution < 1.29 is 62.7 Å². The molecule has 0 fully saturated rings. The second-order valence-electron chi connectivity index (χ2n) is 2.64. The number of halogens is 6. The summed E-state index contributed by atoms with van der Waals surface area (Å²) in [6.07, 6.45) is -8.97. The number of aliphatic hydroxyl groups is 3. The zero-order valence-corrected chi connectivity index (χ0v) is 10.9. The van der Waals surface area contributed by atoms with E-state index >= 15 is 0 Å². The van der Waals surface area contributed by atoms with Crippen LogP contribution in [0, 0.1) is 0 Å². The molecule has 18 heavy (non-hydrogen) atoms. The van der Waals surface area contributed by atoms with Crippen LogP contribution in [0.2, 0.25) is 0 Å². The third-order valence-electron chi connectivity index (χ3n) is 0.359. The monoisotopic (exact) mass is 327 g/mol. The summed E-state index contributed by atoms with van der Waals surface area (Å²) in [6, 6.07) is 0. The quantitative estimate of drug-likeness (QED) is 0.587. The summed E-state index contributed by atoms with van der Waals surface area (Å²) in [5.41, 5.74) is 0. The minimum absolute atomic E-state index is 0.167. The third-order valence-corrected chi connectivity index (χ3v) is 0.359. The van der Waals surface area contributed by atoms with Crippen LogP contribution in [0.3, 0.4) is 0 Å². The molecular formula is C7H14F6O4V. The van der Waals surface area contributed by atoms with E-state index in [0.29, 0.717) is 0 Å². The van der Waals surface area contributed by atoms with Crippen molar-refractivity contribution in [2.45, 2.75) is 32.3 Å². The Labute approximate surface area is 109 Å². The standard InChI is InChI=1S/C3H8O.2C2H3F3O.O.V/c1-3(2)4;2*3-2(4,5)1-6;;/h3-4H,1-2H3;2*6H,1H2;;. The van der Waals surface area contributed by atoms with Gasteiger partial charge in [0.2, 0.25) is 0 Å². The van der Waals surface area contributed by atoms with E-state index in [4.69, 9.17) is 19.0 Å². The van der Waals surface area contributed by atoms with Gasteiger partial charge in [-0.05, 0) is 13.8 Å². The fraction of sp³-hybridized carbons (Fsp3) is 1.00. The van der Waals surface area contributed by atoms with Crippen molar-refractivity contribution in [1.82, 2.24) is 0 Å². The molecular weight excluding hydrogens is 313 g/mol. The summed E-state index contributed by atoms with van der Waals surface area (Å²) < 4.78 is 71.4.